The van der Waals surface area contributed by atoms with Gasteiger partial charge in [0.25, 0.3) is 5.91 Å². The maximum Gasteiger partial charge on any atom is 0.257 e. The molecule has 1 N–H and O–H groups in total. The van der Waals surface area contributed by atoms with Crippen molar-refractivity contribution in [3.63, 3.8) is 0 Å². The lowest BCUT2D eigenvalue weighted by Crippen LogP contribution is -2.47. The van der Waals surface area contributed by atoms with Crippen LogP contribution in [0.4, 0.5) is 17.3 Å². The average molecular weight is 390 g/mol. The average Bonchev–Trinajstić information content (AvgIpc) is 2.80. The lowest BCUT2D eigenvalue weighted by molar-refractivity contribution is 0.102. The number of hydrogen-bond donors (Lipinski definition) is 1. The summed E-state index contributed by atoms with van der Waals surface area (Å²) in [4.78, 5) is 29.9. The van der Waals surface area contributed by atoms with Crippen LogP contribution in [0.15, 0.2) is 61.2 Å². The van der Waals surface area contributed by atoms with Gasteiger partial charge >= 0.3 is 0 Å². The smallest absolute Gasteiger partial charge is 0.257 e. The molecule has 8 heteroatoms. The first kappa shape index (κ1) is 18.7. The van der Waals surface area contributed by atoms with Crippen LogP contribution in [0.2, 0.25) is 0 Å². The van der Waals surface area contributed by atoms with Crippen molar-refractivity contribution >= 4 is 23.2 Å². The highest BCUT2D eigenvalue weighted by Gasteiger charge is 2.20. The van der Waals surface area contributed by atoms with Gasteiger partial charge in [0, 0.05) is 56.5 Å². The zero-order valence-electron chi connectivity index (χ0n) is 16.2. The van der Waals surface area contributed by atoms with Crippen LogP contribution in [0.25, 0.3) is 0 Å². The van der Waals surface area contributed by atoms with Crippen molar-refractivity contribution in [1.82, 2.24) is 15.0 Å². The Hall–Kier alpha value is -3.68. The van der Waals surface area contributed by atoms with Crippen molar-refractivity contribution in [2.24, 2.45) is 0 Å². The van der Waals surface area contributed by atoms with Crippen LogP contribution in [0.1, 0.15) is 10.4 Å². The van der Waals surface area contributed by atoms with Gasteiger partial charge in [-0.15, -0.1) is 0 Å². The van der Waals surface area contributed by atoms with Gasteiger partial charge in [-0.3, -0.25) is 9.78 Å². The third kappa shape index (κ3) is 4.43. The van der Waals surface area contributed by atoms with E-state index in [4.69, 9.17) is 4.74 Å². The summed E-state index contributed by atoms with van der Waals surface area (Å²) in [5.41, 5.74) is 2.12. The second kappa shape index (κ2) is 8.55. The molecule has 8 nitrogen and oxygen atoms in total. The van der Waals surface area contributed by atoms with E-state index in [2.05, 4.69) is 30.1 Å². The van der Waals surface area contributed by atoms with Crippen molar-refractivity contribution in [1.29, 1.82) is 0 Å². The quantitative estimate of drug-likeness (QED) is 0.716. The van der Waals surface area contributed by atoms with E-state index in [1.807, 2.05) is 30.3 Å². The molecule has 148 valence electrons. The maximum absolute atomic E-state index is 12.7. The molecule has 0 bridgehead atoms. The lowest BCUT2D eigenvalue weighted by atomic mass is 10.2. The number of carbonyl (C=O) groups is 1. The molecule has 4 rings (SSSR count). The van der Waals surface area contributed by atoms with Gasteiger partial charge in [0.15, 0.2) is 0 Å². The van der Waals surface area contributed by atoms with Gasteiger partial charge < -0.3 is 19.9 Å². The number of rotatable bonds is 5. The summed E-state index contributed by atoms with van der Waals surface area (Å²) in [7, 11) is 1.60. The van der Waals surface area contributed by atoms with Crippen molar-refractivity contribution in [3.05, 3.63) is 66.7 Å². The Morgan fingerprint density at radius 1 is 1.00 bits per heavy atom. The van der Waals surface area contributed by atoms with Crippen LogP contribution in [0.5, 0.6) is 5.75 Å². The number of aromatic nitrogens is 3. The van der Waals surface area contributed by atoms with Gasteiger partial charge in [0.05, 0.1) is 24.6 Å². The fourth-order valence-electron chi connectivity index (χ4n) is 3.25. The molecular weight excluding hydrogens is 368 g/mol. The molecule has 1 saturated heterocycles. The predicted octanol–water partition coefficient (Wildman–Crippen LogP) is 2.46. The Morgan fingerprint density at radius 3 is 2.52 bits per heavy atom. The highest BCUT2D eigenvalue weighted by molar-refractivity contribution is 6.04. The van der Waals surface area contributed by atoms with Crippen LogP contribution in [-0.2, 0) is 0 Å². The van der Waals surface area contributed by atoms with Crippen molar-refractivity contribution in [2.45, 2.75) is 0 Å². The van der Waals surface area contributed by atoms with E-state index < -0.39 is 0 Å². The zero-order valence-corrected chi connectivity index (χ0v) is 16.2. The Balaban J connectivity index is 1.41. The first-order valence-corrected chi connectivity index (χ1v) is 9.40. The number of ether oxygens (including phenoxy) is 1. The van der Waals surface area contributed by atoms with Crippen LogP contribution in [-0.4, -0.2) is 54.1 Å². The molecule has 1 amide bonds. The van der Waals surface area contributed by atoms with Gasteiger partial charge in [-0.25, -0.2) is 9.97 Å². The molecule has 1 aliphatic heterocycles. The molecular formula is C21H22N6O2. The molecule has 0 saturated carbocycles. The minimum absolute atomic E-state index is 0.205. The fourth-order valence-corrected chi connectivity index (χ4v) is 3.25. The van der Waals surface area contributed by atoms with Crippen LogP contribution in [0, 0.1) is 0 Å². The molecule has 0 aliphatic carbocycles. The lowest BCUT2D eigenvalue weighted by Gasteiger charge is -2.35. The van der Waals surface area contributed by atoms with Gasteiger partial charge in [0.2, 0.25) is 5.95 Å². The first-order chi connectivity index (χ1) is 14.2. The number of amides is 1. The van der Waals surface area contributed by atoms with E-state index in [1.165, 1.54) is 0 Å². The topological polar surface area (TPSA) is 83.5 Å². The number of nitrogens with zero attached hydrogens (tertiary/aromatic N) is 5. The standard InChI is InChI=1S/C21H22N6O2/c1-29-19-5-2-4-17(13-19)25-20(28)16-12-18(15-22-14-16)26-8-10-27(11-9-26)21-23-6-3-7-24-21/h2-7,12-15H,8-11H2,1H3,(H,25,28). The number of hydrogen-bond acceptors (Lipinski definition) is 7. The second-order valence-corrected chi connectivity index (χ2v) is 6.64. The monoisotopic (exact) mass is 390 g/mol. The first-order valence-electron chi connectivity index (χ1n) is 9.40. The number of anilines is 3. The molecule has 0 unspecified atom stereocenters. The number of methoxy groups -OCH3 is 1. The molecule has 29 heavy (non-hydrogen) atoms. The minimum atomic E-state index is -0.205. The van der Waals surface area contributed by atoms with E-state index in [1.54, 1.807) is 38.0 Å². The number of carbonyl (C=O) groups excluding carboxylic acids is 1. The van der Waals surface area contributed by atoms with E-state index in [0.717, 1.165) is 37.8 Å². The molecule has 0 radical (unpaired) electrons. The summed E-state index contributed by atoms with van der Waals surface area (Å²) in [5.74, 6) is 1.23. The van der Waals surface area contributed by atoms with E-state index >= 15 is 0 Å². The number of nitrogens with one attached hydrogen (secondary N) is 1. The predicted molar refractivity (Wildman–Crippen MR) is 112 cm³/mol. The van der Waals surface area contributed by atoms with Crippen LogP contribution in [0.3, 0.4) is 0 Å². The molecule has 0 spiro atoms. The number of pyridine rings is 1. The molecule has 1 aromatic carbocycles. The van der Waals surface area contributed by atoms with E-state index in [0.29, 0.717) is 17.0 Å². The summed E-state index contributed by atoms with van der Waals surface area (Å²) in [5, 5.41) is 2.89. The number of piperazine rings is 1. The third-order valence-corrected chi connectivity index (χ3v) is 4.79. The largest absolute Gasteiger partial charge is 0.497 e. The van der Waals surface area contributed by atoms with Gasteiger partial charge in [-0.1, -0.05) is 6.07 Å². The van der Waals surface area contributed by atoms with Crippen LogP contribution < -0.4 is 19.9 Å². The summed E-state index contributed by atoms with van der Waals surface area (Å²) in [6.07, 6.45) is 6.87. The summed E-state index contributed by atoms with van der Waals surface area (Å²) in [6, 6.07) is 10.9. The van der Waals surface area contributed by atoms with Gasteiger partial charge in [-0.2, -0.15) is 0 Å². The highest BCUT2D eigenvalue weighted by Crippen LogP contribution is 2.21. The Bertz CT molecular complexity index is 974. The molecule has 2 aromatic heterocycles. The molecule has 3 heterocycles. The summed E-state index contributed by atoms with van der Waals surface area (Å²) in [6.45, 7) is 3.23. The van der Waals surface area contributed by atoms with Gasteiger partial charge in [-0.05, 0) is 24.3 Å². The minimum Gasteiger partial charge on any atom is -0.497 e. The molecule has 1 aliphatic rings. The Kier molecular flexibility index (Phi) is 5.51. The third-order valence-electron chi connectivity index (χ3n) is 4.79. The zero-order chi connectivity index (χ0) is 20.1. The van der Waals surface area contributed by atoms with Crippen molar-refractivity contribution in [3.8, 4) is 5.75 Å². The van der Waals surface area contributed by atoms with Crippen molar-refractivity contribution < 1.29 is 9.53 Å². The fraction of sp³-hybridized carbons (Fsp3) is 0.238. The summed E-state index contributed by atoms with van der Waals surface area (Å²) >= 11 is 0. The van der Waals surface area contributed by atoms with Gasteiger partial charge in [0.1, 0.15) is 5.75 Å². The van der Waals surface area contributed by atoms with E-state index in [-0.39, 0.29) is 5.91 Å². The van der Waals surface area contributed by atoms with Crippen LogP contribution >= 0.6 is 0 Å². The Labute approximate surface area is 169 Å². The summed E-state index contributed by atoms with van der Waals surface area (Å²) < 4.78 is 5.20. The SMILES string of the molecule is COc1cccc(NC(=O)c2cncc(N3CCN(c4ncccn4)CC3)c2)c1. The molecule has 3 aromatic rings. The second-order valence-electron chi connectivity index (χ2n) is 6.64. The Morgan fingerprint density at radius 2 is 1.76 bits per heavy atom. The van der Waals surface area contributed by atoms with Crippen molar-refractivity contribution in [2.75, 3.05) is 48.4 Å². The normalized spacial score (nSPS) is 13.8. The number of benzene rings is 1. The molecule has 0 atom stereocenters. The van der Waals surface area contributed by atoms with E-state index in [9.17, 15) is 4.79 Å². The highest BCUT2D eigenvalue weighted by atomic mass is 16.5. The maximum atomic E-state index is 12.7. The molecule has 1 fully saturated rings.